The number of piperidine rings is 1. The molecular weight excluding hydrogens is 294 g/mol. The molecule has 0 amide bonds. The normalized spacial score (nSPS) is 23.7. The van der Waals surface area contributed by atoms with E-state index in [9.17, 15) is 0 Å². The predicted octanol–water partition coefficient (Wildman–Crippen LogP) is 4.34. The van der Waals surface area contributed by atoms with Crippen LogP contribution in [0, 0.1) is 0 Å². The van der Waals surface area contributed by atoms with Gasteiger partial charge in [0, 0.05) is 41.4 Å². The Morgan fingerprint density at radius 2 is 1.79 bits per heavy atom. The van der Waals surface area contributed by atoms with Crippen molar-refractivity contribution in [2.24, 2.45) is 0 Å². The number of nitrogens with one attached hydrogen (secondary N) is 2. The molecule has 3 heteroatoms. The van der Waals surface area contributed by atoms with Crippen molar-refractivity contribution < 1.29 is 0 Å². The highest BCUT2D eigenvalue weighted by Crippen LogP contribution is 2.39. The number of benzene rings is 2. The molecule has 2 N–H and O–H groups in total. The van der Waals surface area contributed by atoms with E-state index in [1.54, 1.807) is 5.56 Å². The number of hydrogen-bond acceptors (Lipinski definition) is 2. The number of rotatable bonds is 2. The molecule has 3 heterocycles. The second-order valence-corrected chi connectivity index (χ2v) is 7.10. The highest BCUT2D eigenvalue weighted by molar-refractivity contribution is 5.85. The maximum atomic E-state index is 3.74. The summed E-state index contributed by atoms with van der Waals surface area (Å²) in [6.45, 7) is 2.38. The first-order valence-corrected chi connectivity index (χ1v) is 9.03. The van der Waals surface area contributed by atoms with E-state index < -0.39 is 0 Å². The summed E-state index contributed by atoms with van der Waals surface area (Å²) < 4.78 is 0. The fourth-order valence-electron chi connectivity index (χ4n) is 4.51. The van der Waals surface area contributed by atoms with Crippen LogP contribution in [0.15, 0.2) is 54.6 Å². The second kappa shape index (κ2) is 5.67. The van der Waals surface area contributed by atoms with Crippen molar-refractivity contribution in [1.82, 2.24) is 9.88 Å². The van der Waals surface area contributed by atoms with Gasteiger partial charge in [-0.2, -0.15) is 0 Å². The number of fused-ring (bicyclic) bond motifs is 5. The Kier molecular flexibility index (Phi) is 3.34. The number of anilines is 1. The fraction of sp³-hybridized carbons (Fsp3) is 0.333. The summed E-state index contributed by atoms with van der Waals surface area (Å²) in [4.78, 5) is 6.40. The molecule has 0 saturated carbocycles. The number of H-pyrrole nitrogens is 1. The summed E-state index contributed by atoms with van der Waals surface area (Å²) in [5, 5.41) is 5.16. The lowest BCUT2D eigenvalue weighted by molar-refractivity contribution is 0.128. The molecule has 2 aliphatic heterocycles. The van der Waals surface area contributed by atoms with Gasteiger partial charge in [-0.1, -0.05) is 36.4 Å². The summed E-state index contributed by atoms with van der Waals surface area (Å²) >= 11 is 0. The Labute approximate surface area is 142 Å². The maximum absolute atomic E-state index is 3.74. The Hall–Kier alpha value is -2.26. The third kappa shape index (κ3) is 2.31. The lowest BCUT2D eigenvalue weighted by Crippen LogP contribution is -2.44. The maximum Gasteiger partial charge on any atom is 0.0521 e. The molecular formula is C21H23N3. The first-order valence-electron chi connectivity index (χ1n) is 9.03. The lowest BCUT2D eigenvalue weighted by Gasteiger charge is -2.42. The van der Waals surface area contributed by atoms with Gasteiger partial charge in [0.25, 0.3) is 0 Å². The standard InChI is InChI=1S/C21H23N3/c1-2-6-15(7-3-1)22-16-10-12-24-13-11-18-17-8-4-5-9-19(17)23-21(18)20(24)14-16/h1-9,16,20,22-23H,10-14H2/t16?,20-/m0/s1. The monoisotopic (exact) mass is 317 g/mol. The summed E-state index contributed by atoms with van der Waals surface area (Å²) in [5.41, 5.74) is 5.54. The molecule has 1 unspecified atom stereocenters. The van der Waals surface area contributed by atoms with Gasteiger partial charge >= 0.3 is 0 Å². The Bertz CT molecular complexity index is 852. The molecule has 3 aromatic rings. The highest BCUT2D eigenvalue weighted by Gasteiger charge is 2.35. The fourth-order valence-corrected chi connectivity index (χ4v) is 4.51. The number of aromatic nitrogens is 1. The smallest absolute Gasteiger partial charge is 0.0521 e. The predicted molar refractivity (Wildman–Crippen MR) is 99.4 cm³/mol. The second-order valence-electron chi connectivity index (χ2n) is 7.10. The number of aromatic amines is 1. The van der Waals surface area contributed by atoms with Crippen LogP contribution in [-0.2, 0) is 6.42 Å². The van der Waals surface area contributed by atoms with Crippen LogP contribution in [0.1, 0.15) is 30.1 Å². The topological polar surface area (TPSA) is 31.1 Å². The summed E-state index contributed by atoms with van der Waals surface area (Å²) in [7, 11) is 0. The van der Waals surface area contributed by atoms with Crippen LogP contribution in [0.4, 0.5) is 5.69 Å². The third-order valence-corrected chi connectivity index (χ3v) is 5.69. The van der Waals surface area contributed by atoms with E-state index in [-0.39, 0.29) is 0 Å². The molecule has 1 saturated heterocycles. The summed E-state index contributed by atoms with van der Waals surface area (Å²) in [6, 6.07) is 20.5. The summed E-state index contributed by atoms with van der Waals surface area (Å²) in [6.07, 6.45) is 3.57. The molecule has 1 aromatic heterocycles. The lowest BCUT2D eigenvalue weighted by atomic mass is 9.88. The van der Waals surface area contributed by atoms with Crippen LogP contribution < -0.4 is 5.32 Å². The molecule has 0 radical (unpaired) electrons. The van der Waals surface area contributed by atoms with Crippen molar-refractivity contribution in [3.8, 4) is 0 Å². The van der Waals surface area contributed by atoms with Gasteiger partial charge in [0.2, 0.25) is 0 Å². The Balaban J connectivity index is 1.44. The molecule has 2 atom stereocenters. The van der Waals surface area contributed by atoms with Gasteiger partial charge in [-0.15, -0.1) is 0 Å². The van der Waals surface area contributed by atoms with E-state index in [4.69, 9.17) is 0 Å². The zero-order chi connectivity index (χ0) is 15.9. The van der Waals surface area contributed by atoms with Crippen LogP contribution in [0.2, 0.25) is 0 Å². The first kappa shape index (κ1) is 14.1. The van der Waals surface area contributed by atoms with Crippen molar-refractivity contribution in [1.29, 1.82) is 0 Å². The molecule has 122 valence electrons. The minimum absolute atomic E-state index is 0.524. The molecule has 0 bridgehead atoms. The van der Waals surface area contributed by atoms with Crippen LogP contribution >= 0.6 is 0 Å². The molecule has 2 aromatic carbocycles. The Morgan fingerprint density at radius 1 is 0.958 bits per heavy atom. The number of hydrogen-bond donors (Lipinski definition) is 2. The van der Waals surface area contributed by atoms with E-state index in [2.05, 4.69) is 69.8 Å². The van der Waals surface area contributed by atoms with Crippen molar-refractivity contribution in [3.63, 3.8) is 0 Å². The highest BCUT2D eigenvalue weighted by atomic mass is 15.2. The van der Waals surface area contributed by atoms with E-state index in [1.807, 2.05) is 0 Å². The van der Waals surface area contributed by atoms with Crippen molar-refractivity contribution in [2.75, 3.05) is 18.4 Å². The molecule has 5 rings (SSSR count). The largest absolute Gasteiger partial charge is 0.382 e. The zero-order valence-electron chi connectivity index (χ0n) is 13.8. The van der Waals surface area contributed by atoms with Gasteiger partial charge < -0.3 is 10.3 Å². The van der Waals surface area contributed by atoms with Crippen molar-refractivity contribution in [3.05, 3.63) is 65.9 Å². The van der Waals surface area contributed by atoms with Crippen molar-refractivity contribution in [2.45, 2.75) is 31.3 Å². The van der Waals surface area contributed by atoms with Crippen LogP contribution in [0.25, 0.3) is 10.9 Å². The number of nitrogens with zero attached hydrogens (tertiary/aromatic N) is 1. The SMILES string of the molecule is c1ccc(NC2CCN3CCc4c([nH]c5ccccc45)[C@@H]3C2)cc1. The average Bonchev–Trinajstić information content (AvgIpc) is 3.02. The third-order valence-electron chi connectivity index (χ3n) is 5.69. The first-order chi connectivity index (χ1) is 11.9. The van der Waals surface area contributed by atoms with Gasteiger partial charge in [-0.05, 0) is 43.0 Å². The zero-order valence-corrected chi connectivity index (χ0v) is 13.8. The van der Waals surface area contributed by atoms with Gasteiger partial charge in [-0.3, -0.25) is 4.90 Å². The minimum atomic E-state index is 0.524. The van der Waals surface area contributed by atoms with E-state index in [0.29, 0.717) is 12.1 Å². The van der Waals surface area contributed by atoms with Crippen molar-refractivity contribution >= 4 is 16.6 Å². The molecule has 2 aliphatic rings. The van der Waals surface area contributed by atoms with Gasteiger partial charge in [-0.25, -0.2) is 0 Å². The Morgan fingerprint density at radius 3 is 2.71 bits per heavy atom. The van der Waals surface area contributed by atoms with Crippen LogP contribution in [-0.4, -0.2) is 29.0 Å². The minimum Gasteiger partial charge on any atom is -0.382 e. The number of para-hydroxylation sites is 2. The molecule has 1 fully saturated rings. The van der Waals surface area contributed by atoms with Gasteiger partial charge in [0.05, 0.1) is 6.04 Å². The molecule has 24 heavy (non-hydrogen) atoms. The van der Waals surface area contributed by atoms with E-state index >= 15 is 0 Å². The van der Waals surface area contributed by atoms with Crippen LogP contribution in [0.3, 0.4) is 0 Å². The quantitative estimate of drug-likeness (QED) is 0.736. The van der Waals surface area contributed by atoms with E-state index in [1.165, 1.54) is 54.6 Å². The van der Waals surface area contributed by atoms with E-state index in [0.717, 1.165) is 0 Å². The molecule has 3 nitrogen and oxygen atoms in total. The van der Waals surface area contributed by atoms with Crippen LogP contribution in [0.5, 0.6) is 0 Å². The van der Waals surface area contributed by atoms with Gasteiger partial charge in [0.1, 0.15) is 0 Å². The summed E-state index contributed by atoms with van der Waals surface area (Å²) in [5.74, 6) is 0. The molecule has 0 spiro atoms. The average molecular weight is 317 g/mol. The van der Waals surface area contributed by atoms with Gasteiger partial charge in [0.15, 0.2) is 0 Å². The molecule has 0 aliphatic carbocycles.